The molecule has 1 aliphatic rings. The predicted molar refractivity (Wildman–Crippen MR) is 75.7 cm³/mol. The Kier molecular flexibility index (Phi) is 5.30. The van der Waals surface area contributed by atoms with E-state index in [4.69, 9.17) is 5.73 Å². The Morgan fingerprint density at radius 3 is 3.00 bits per heavy atom. The van der Waals surface area contributed by atoms with E-state index in [1.165, 1.54) is 19.4 Å². The van der Waals surface area contributed by atoms with Gasteiger partial charge in [-0.3, -0.25) is 9.58 Å². The molecule has 19 heavy (non-hydrogen) atoms. The highest BCUT2D eigenvalue weighted by Crippen LogP contribution is 2.14. The molecule has 1 aromatic rings. The Labute approximate surface area is 115 Å². The van der Waals surface area contributed by atoms with Gasteiger partial charge in [0, 0.05) is 38.4 Å². The average molecular weight is 266 g/mol. The fraction of sp³-hybridized carbons (Fsp3) is 0.846. The molecule has 0 bridgehead atoms. The summed E-state index contributed by atoms with van der Waals surface area (Å²) >= 11 is 0. The number of hydrogen-bond acceptors (Lipinski definition) is 5. The van der Waals surface area contributed by atoms with Crippen molar-refractivity contribution in [3.63, 3.8) is 0 Å². The van der Waals surface area contributed by atoms with Crippen LogP contribution in [0.4, 0.5) is 0 Å². The Balaban J connectivity index is 1.98. The number of nitrogens with two attached hydrogens (primary N) is 1. The van der Waals surface area contributed by atoms with Crippen molar-refractivity contribution in [1.82, 2.24) is 24.8 Å². The molecule has 0 amide bonds. The van der Waals surface area contributed by atoms with Gasteiger partial charge in [0.1, 0.15) is 0 Å². The van der Waals surface area contributed by atoms with E-state index in [9.17, 15) is 0 Å². The van der Waals surface area contributed by atoms with Crippen molar-refractivity contribution in [2.75, 3.05) is 33.2 Å². The maximum atomic E-state index is 5.53. The van der Waals surface area contributed by atoms with Crippen LogP contribution in [-0.2, 0) is 13.1 Å². The molecule has 0 saturated carbocycles. The van der Waals surface area contributed by atoms with Crippen LogP contribution in [0.1, 0.15) is 25.5 Å². The van der Waals surface area contributed by atoms with E-state index in [-0.39, 0.29) is 0 Å². The molecule has 2 rings (SSSR count). The lowest BCUT2D eigenvalue weighted by Gasteiger charge is -2.29. The standard InChI is InChI=1S/C13H26N6/c1-3-13-11-17(2)6-4-7-18(13)9-12-10-19(8-5-14)16-15-12/h10,13H,3-9,11,14H2,1-2H3. The predicted octanol–water partition coefficient (Wildman–Crippen LogP) is 0.153. The zero-order valence-electron chi connectivity index (χ0n) is 12.1. The lowest BCUT2D eigenvalue weighted by molar-refractivity contribution is 0.174. The molecular weight excluding hydrogens is 240 g/mol. The average Bonchev–Trinajstić information content (AvgIpc) is 2.74. The Bertz CT molecular complexity index is 377. The van der Waals surface area contributed by atoms with Crippen molar-refractivity contribution in [2.45, 2.75) is 38.9 Å². The number of likely N-dealkylation sites (N-methyl/N-ethyl adjacent to an activating group) is 1. The Morgan fingerprint density at radius 2 is 2.26 bits per heavy atom. The first-order valence-electron chi connectivity index (χ1n) is 7.24. The van der Waals surface area contributed by atoms with E-state index in [0.717, 1.165) is 31.9 Å². The van der Waals surface area contributed by atoms with Crippen molar-refractivity contribution < 1.29 is 0 Å². The summed E-state index contributed by atoms with van der Waals surface area (Å²) < 4.78 is 1.83. The lowest BCUT2D eigenvalue weighted by Crippen LogP contribution is -2.39. The van der Waals surface area contributed by atoms with Crippen molar-refractivity contribution in [3.05, 3.63) is 11.9 Å². The molecule has 0 radical (unpaired) electrons. The van der Waals surface area contributed by atoms with Crippen molar-refractivity contribution >= 4 is 0 Å². The Morgan fingerprint density at radius 1 is 1.42 bits per heavy atom. The van der Waals surface area contributed by atoms with Crippen LogP contribution < -0.4 is 5.73 Å². The molecule has 6 heteroatoms. The van der Waals surface area contributed by atoms with Gasteiger partial charge in [0.25, 0.3) is 0 Å². The van der Waals surface area contributed by atoms with Gasteiger partial charge in [0.15, 0.2) is 0 Å². The molecule has 6 nitrogen and oxygen atoms in total. The van der Waals surface area contributed by atoms with Crippen molar-refractivity contribution in [1.29, 1.82) is 0 Å². The minimum absolute atomic E-state index is 0.606. The minimum atomic E-state index is 0.606. The van der Waals surface area contributed by atoms with Crippen LogP contribution in [0.15, 0.2) is 6.20 Å². The third-order valence-corrected chi connectivity index (χ3v) is 3.80. The van der Waals surface area contributed by atoms with Crippen LogP contribution in [0, 0.1) is 0 Å². The molecule has 1 saturated heterocycles. The molecule has 1 atom stereocenters. The zero-order chi connectivity index (χ0) is 13.7. The largest absolute Gasteiger partial charge is 0.329 e. The highest BCUT2D eigenvalue weighted by molar-refractivity contribution is 4.94. The molecule has 1 fully saturated rings. The SMILES string of the molecule is CCC1CN(C)CCCN1Cc1cn(CCN)nn1. The van der Waals surface area contributed by atoms with E-state index >= 15 is 0 Å². The van der Waals surface area contributed by atoms with Crippen LogP contribution in [0.25, 0.3) is 0 Å². The molecule has 1 aromatic heterocycles. The fourth-order valence-electron chi connectivity index (χ4n) is 2.75. The molecule has 2 N–H and O–H groups in total. The van der Waals surface area contributed by atoms with Gasteiger partial charge < -0.3 is 10.6 Å². The van der Waals surface area contributed by atoms with E-state index in [1.807, 2.05) is 10.9 Å². The van der Waals surface area contributed by atoms with Gasteiger partial charge in [-0.15, -0.1) is 5.10 Å². The molecule has 108 valence electrons. The van der Waals surface area contributed by atoms with Crippen molar-refractivity contribution in [2.24, 2.45) is 5.73 Å². The van der Waals surface area contributed by atoms with E-state index in [1.54, 1.807) is 0 Å². The molecular formula is C13H26N6. The maximum Gasteiger partial charge on any atom is 0.0967 e. The third kappa shape index (κ3) is 3.99. The second-order valence-corrected chi connectivity index (χ2v) is 5.41. The third-order valence-electron chi connectivity index (χ3n) is 3.80. The molecule has 1 aliphatic heterocycles. The van der Waals surface area contributed by atoms with Gasteiger partial charge in [-0.05, 0) is 26.4 Å². The monoisotopic (exact) mass is 266 g/mol. The van der Waals surface area contributed by atoms with Gasteiger partial charge in [0.2, 0.25) is 0 Å². The van der Waals surface area contributed by atoms with Gasteiger partial charge in [-0.1, -0.05) is 12.1 Å². The zero-order valence-corrected chi connectivity index (χ0v) is 12.1. The van der Waals surface area contributed by atoms with Gasteiger partial charge >= 0.3 is 0 Å². The van der Waals surface area contributed by atoms with E-state index in [2.05, 4.69) is 34.1 Å². The van der Waals surface area contributed by atoms with Gasteiger partial charge in [-0.2, -0.15) is 0 Å². The van der Waals surface area contributed by atoms with Gasteiger partial charge in [-0.25, -0.2) is 0 Å². The Hall–Kier alpha value is -0.980. The summed E-state index contributed by atoms with van der Waals surface area (Å²) in [5, 5.41) is 8.36. The number of rotatable bonds is 5. The normalized spacial score (nSPS) is 22.6. The summed E-state index contributed by atoms with van der Waals surface area (Å²) in [4.78, 5) is 4.97. The summed E-state index contributed by atoms with van der Waals surface area (Å²) in [7, 11) is 2.21. The van der Waals surface area contributed by atoms with Crippen molar-refractivity contribution in [3.8, 4) is 0 Å². The van der Waals surface area contributed by atoms with Crippen LogP contribution in [0.3, 0.4) is 0 Å². The summed E-state index contributed by atoms with van der Waals surface area (Å²) in [5.74, 6) is 0. The number of nitrogens with zero attached hydrogens (tertiary/aromatic N) is 5. The second kappa shape index (κ2) is 6.98. The molecule has 1 unspecified atom stereocenters. The number of aromatic nitrogens is 3. The topological polar surface area (TPSA) is 63.2 Å². The van der Waals surface area contributed by atoms with Gasteiger partial charge in [0.05, 0.1) is 12.2 Å². The highest BCUT2D eigenvalue weighted by Gasteiger charge is 2.22. The van der Waals surface area contributed by atoms with E-state index < -0.39 is 0 Å². The first-order chi connectivity index (χ1) is 9.22. The first-order valence-corrected chi connectivity index (χ1v) is 7.24. The van der Waals surface area contributed by atoms with Crippen LogP contribution in [0.2, 0.25) is 0 Å². The molecule has 0 spiro atoms. The van der Waals surface area contributed by atoms with Crippen LogP contribution >= 0.6 is 0 Å². The maximum absolute atomic E-state index is 5.53. The second-order valence-electron chi connectivity index (χ2n) is 5.41. The van der Waals surface area contributed by atoms with E-state index in [0.29, 0.717) is 12.6 Å². The van der Waals surface area contributed by atoms with Crippen LogP contribution in [0.5, 0.6) is 0 Å². The summed E-state index contributed by atoms with van der Waals surface area (Å²) in [5.41, 5.74) is 6.58. The summed E-state index contributed by atoms with van der Waals surface area (Å²) in [6, 6.07) is 0.618. The fourth-order valence-corrected chi connectivity index (χ4v) is 2.75. The first kappa shape index (κ1) is 14.4. The molecule has 0 aliphatic carbocycles. The molecule has 2 heterocycles. The lowest BCUT2D eigenvalue weighted by atomic mass is 10.2. The smallest absolute Gasteiger partial charge is 0.0967 e. The minimum Gasteiger partial charge on any atom is -0.329 e. The molecule has 0 aromatic carbocycles. The number of hydrogen-bond donors (Lipinski definition) is 1. The summed E-state index contributed by atoms with van der Waals surface area (Å²) in [6.45, 7) is 7.99. The quantitative estimate of drug-likeness (QED) is 0.822. The summed E-state index contributed by atoms with van der Waals surface area (Å²) in [6.07, 6.45) is 4.43. The van der Waals surface area contributed by atoms with Crippen LogP contribution in [-0.4, -0.2) is 64.1 Å². The highest BCUT2D eigenvalue weighted by atomic mass is 15.4.